The highest BCUT2D eigenvalue weighted by Crippen LogP contribution is 2.32. The average molecular weight is 415 g/mol. The molecule has 0 spiro atoms. The molecular weight excluding hydrogens is 401 g/mol. The van der Waals surface area contributed by atoms with E-state index in [2.05, 4.69) is 15.2 Å². The number of tetrazole rings is 1. The summed E-state index contributed by atoms with van der Waals surface area (Å²) in [5, 5.41) is 7.53. The molecule has 0 N–H and O–H groups in total. The maximum atomic E-state index is 12.8. The van der Waals surface area contributed by atoms with Gasteiger partial charge in [0, 0.05) is 7.05 Å². The Hall–Kier alpha value is -3.01. The van der Waals surface area contributed by atoms with Crippen LogP contribution in [0.4, 0.5) is 13.2 Å². The second-order valence-electron chi connectivity index (χ2n) is 5.82. The first-order valence-corrected chi connectivity index (χ1v) is 8.29. The van der Waals surface area contributed by atoms with Crippen LogP contribution >= 0.6 is 11.6 Å². The second-order valence-corrected chi connectivity index (χ2v) is 6.23. The quantitative estimate of drug-likeness (QED) is 0.640. The van der Waals surface area contributed by atoms with Crippen LogP contribution in [0, 0.1) is 6.92 Å². The minimum atomic E-state index is -4.93. The van der Waals surface area contributed by atoms with Gasteiger partial charge in [0.25, 0.3) is 0 Å². The van der Waals surface area contributed by atoms with Gasteiger partial charge in [-0.15, -0.1) is 13.2 Å². The molecule has 0 saturated carbocycles. The van der Waals surface area contributed by atoms with Crippen molar-refractivity contribution in [2.75, 3.05) is 0 Å². The molecule has 3 rings (SSSR count). The van der Waals surface area contributed by atoms with Gasteiger partial charge in [-0.3, -0.25) is 0 Å². The molecule has 0 unspecified atom stereocenters. The average Bonchev–Trinajstić information content (AvgIpc) is 2.94. The lowest BCUT2D eigenvalue weighted by atomic mass is 10.1. The van der Waals surface area contributed by atoms with Crippen LogP contribution in [0.15, 0.2) is 41.2 Å². The molecule has 28 heavy (non-hydrogen) atoms. The molecule has 0 aliphatic rings. The standard InChI is InChI=1S/C17H14ClF3N4O3/c1-10-6-7-12(18)15(8-10)27-9-11-13(25-16(26)24(2)22-23-25)4-3-5-14(11)28-17(19,20)21/h3-8H,9H2,1-2H3. The van der Waals surface area contributed by atoms with E-state index in [0.717, 1.165) is 21.0 Å². The number of aromatic nitrogens is 4. The number of rotatable bonds is 5. The van der Waals surface area contributed by atoms with E-state index in [1.54, 1.807) is 18.2 Å². The van der Waals surface area contributed by atoms with Gasteiger partial charge in [0.1, 0.15) is 18.1 Å². The lowest BCUT2D eigenvalue weighted by Gasteiger charge is -2.17. The molecule has 0 aliphatic heterocycles. The van der Waals surface area contributed by atoms with E-state index in [4.69, 9.17) is 16.3 Å². The van der Waals surface area contributed by atoms with Crippen LogP contribution in [0.1, 0.15) is 11.1 Å². The van der Waals surface area contributed by atoms with Gasteiger partial charge in [-0.05, 0) is 47.2 Å². The first-order chi connectivity index (χ1) is 13.2. The number of benzene rings is 2. The minimum absolute atomic E-state index is 0.0417. The molecule has 0 fully saturated rings. The summed E-state index contributed by atoms with van der Waals surface area (Å²) in [6.07, 6.45) is -4.93. The topological polar surface area (TPSA) is 71.2 Å². The molecule has 0 amide bonds. The molecule has 3 aromatic rings. The van der Waals surface area contributed by atoms with E-state index in [1.807, 2.05) is 6.92 Å². The SMILES string of the molecule is Cc1ccc(Cl)c(OCc2c(OC(F)(F)F)cccc2-n2nnn(C)c2=O)c1. The number of nitrogens with zero attached hydrogens (tertiary/aromatic N) is 4. The molecule has 7 nitrogen and oxygen atoms in total. The Kier molecular flexibility index (Phi) is 5.32. The molecule has 148 valence electrons. The molecule has 1 aromatic heterocycles. The Bertz CT molecular complexity index is 1060. The van der Waals surface area contributed by atoms with E-state index in [1.165, 1.54) is 19.2 Å². The monoisotopic (exact) mass is 414 g/mol. The largest absolute Gasteiger partial charge is 0.573 e. The molecule has 0 bridgehead atoms. The third-order valence-corrected chi connectivity index (χ3v) is 4.05. The van der Waals surface area contributed by atoms with Crippen molar-refractivity contribution in [3.8, 4) is 17.2 Å². The lowest BCUT2D eigenvalue weighted by molar-refractivity contribution is -0.275. The molecule has 1 heterocycles. The molecule has 0 aliphatic carbocycles. The van der Waals surface area contributed by atoms with Crippen LogP contribution in [-0.2, 0) is 13.7 Å². The highest BCUT2D eigenvalue weighted by Gasteiger charge is 2.33. The fraction of sp³-hybridized carbons (Fsp3) is 0.235. The predicted octanol–water partition coefficient (Wildman–Crippen LogP) is 3.41. The van der Waals surface area contributed by atoms with Crippen molar-refractivity contribution < 1.29 is 22.6 Å². The van der Waals surface area contributed by atoms with Crippen molar-refractivity contribution in [2.45, 2.75) is 19.9 Å². The fourth-order valence-corrected chi connectivity index (χ4v) is 2.63. The van der Waals surface area contributed by atoms with E-state index in [9.17, 15) is 18.0 Å². The summed E-state index contributed by atoms with van der Waals surface area (Å²) < 4.78 is 50.0. The Balaban J connectivity index is 2.06. The molecule has 2 aromatic carbocycles. The summed E-state index contributed by atoms with van der Waals surface area (Å²) in [6, 6.07) is 8.86. The van der Waals surface area contributed by atoms with Crippen molar-refractivity contribution in [2.24, 2.45) is 7.05 Å². The maximum absolute atomic E-state index is 12.8. The van der Waals surface area contributed by atoms with Crippen LogP contribution in [0.2, 0.25) is 5.02 Å². The van der Waals surface area contributed by atoms with Crippen molar-refractivity contribution >= 4 is 11.6 Å². The Morgan fingerprint density at radius 1 is 1.14 bits per heavy atom. The zero-order chi connectivity index (χ0) is 20.5. The Morgan fingerprint density at radius 2 is 1.89 bits per heavy atom. The summed E-state index contributed by atoms with van der Waals surface area (Å²) in [4.78, 5) is 12.2. The Morgan fingerprint density at radius 3 is 2.54 bits per heavy atom. The number of ether oxygens (including phenoxy) is 2. The lowest BCUT2D eigenvalue weighted by Crippen LogP contribution is -2.24. The summed E-state index contributed by atoms with van der Waals surface area (Å²) in [5.74, 6) is -0.243. The number of hydrogen-bond acceptors (Lipinski definition) is 5. The molecule has 0 saturated heterocycles. The molecule has 0 atom stereocenters. The van der Waals surface area contributed by atoms with Gasteiger partial charge in [0.05, 0.1) is 16.3 Å². The normalized spacial score (nSPS) is 11.5. The van der Waals surface area contributed by atoms with Crippen LogP contribution in [-0.4, -0.2) is 26.2 Å². The molecular formula is C17H14ClF3N4O3. The zero-order valence-electron chi connectivity index (χ0n) is 14.7. The van der Waals surface area contributed by atoms with Gasteiger partial charge in [-0.2, -0.15) is 9.36 Å². The van der Waals surface area contributed by atoms with E-state index < -0.39 is 17.8 Å². The smallest absolute Gasteiger partial charge is 0.487 e. The van der Waals surface area contributed by atoms with Crippen molar-refractivity contribution in [3.63, 3.8) is 0 Å². The van der Waals surface area contributed by atoms with Crippen molar-refractivity contribution in [1.82, 2.24) is 19.8 Å². The Labute approximate surface area is 161 Å². The number of halogens is 4. The second kappa shape index (κ2) is 7.55. The van der Waals surface area contributed by atoms with Gasteiger partial charge in [-0.25, -0.2) is 4.79 Å². The van der Waals surface area contributed by atoms with Crippen LogP contribution in [0.25, 0.3) is 5.69 Å². The van der Waals surface area contributed by atoms with E-state index in [0.29, 0.717) is 0 Å². The third kappa shape index (κ3) is 4.28. The fourth-order valence-electron chi connectivity index (χ4n) is 2.45. The zero-order valence-corrected chi connectivity index (χ0v) is 15.5. The predicted molar refractivity (Wildman–Crippen MR) is 93.8 cm³/mol. The molecule has 11 heteroatoms. The number of aryl methyl sites for hydroxylation is 2. The van der Waals surface area contributed by atoms with Crippen LogP contribution in [0.5, 0.6) is 11.5 Å². The third-order valence-electron chi connectivity index (χ3n) is 3.74. The minimum Gasteiger partial charge on any atom is -0.487 e. The summed E-state index contributed by atoms with van der Waals surface area (Å²) in [5.41, 5.74) is 0.215. The number of alkyl halides is 3. The summed E-state index contributed by atoms with van der Waals surface area (Å²) in [6.45, 7) is 1.46. The van der Waals surface area contributed by atoms with Gasteiger partial charge < -0.3 is 9.47 Å². The first kappa shape index (κ1) is 19.7. The number of hydrogen-bond donors (Lipinski definition) is 0. The molecule has 0 radical (unpaired) electrons. The van der Waals surface area contributed by atoms with Gasteiger partial charge in [0.2, 0.25) is 0 Å². The highest BCUT2D eigenvalue weighted by atomic mass is 35.5. The van der Waals surface area contributed by atoms with Crippen molar-refractivity contribution in [3.05, 3.63) is 63.0 Å². The van der Waals surface area contributed by atoms with Crippen LogP contribution < -0.4 is 15.2 Å². The summed E-state index contributed by atoms with van der Waals surface area (Å²) >= 11 is 6.08. The van der Waals surface area contributed by atoms with E-state index in [-0.39, 0.29) is 28.6 Å². The van der Waals surface area contributed by atoms with Crippen LogP contribution in [0.3, 0.4) is 0 Å². The summed E-state index contributed by atoms with van der Waals surface area (Å²) in [7, 11) is 1.37. The van der Waals surface area contributed by atoms with Gasteiger partial charge >= 0.3 is 12.1 Å². The highest BCUT2D eigenvalue weighted by molar-refractivity contribution is 6.32. The van der Waals surface area contributed by atoms with Gasteiger partial charge in [0.15, 0.2) is 0 Å². The van der Waals surface area contributed by atoms with Crippen molar-refractivity contribution in [1.29, 1.82) is 0 Å². The first-order valence-electron chi connectivity index (χ1n) is 7.91. The van der Waals surface area contributed by atoms with Gasteiger partial charge in [-0.1, -0.05) is 23.7 Å². The maximum Gasteiger partial charge on any atom is 0.573 e. The van der Waals surface area contributed by atoms with E-state index >= 15 is 0 Å².